The molecule has 0 unspecified atom stereocenters. The van der Waals surface area contributed by atoms with E-state index in [1.54, 1.807) is 35.6 Å². The van der Waals surface area contributed by atoms with Gasteiger partial charge in [-0.2, -0.15) is 9.30 Å². The highest BCUT2D eigenvalue weighted by Gasteiger charge is 2.32. The number of amides is 1. The van der Waals surface area contributed by atoms with Gasteiger partial charge in [0.05, 0.1) is 15.1 Å². The van der Waals surface area contributed by atoms with Crippen molar-refractivity contribution in [2.45, 2.75) is 38.1 Å². The first-order valence-corrected chi connectivity index (χ1v) is 13.8. The van der Waals surface area contributed by atoms with Gasteiger partial charge >= 0.3 is 0 Å². The lowest BCUT2D eigenvalue weighted by molar-refractivity contribution is -0.122. The van der Waals surface area contributed by atoms with Gasteiger partial charge < -0.3 is 4.57 Å². The summed E-state index contributed by atoms with van der Waals surface area (Å²) in [6, 6.07) is 19.3. The Balaban J connectivity index is 1.38. The molecule has 1 saturated heterocycles. The van der Waals surface area contributed by atoms with Crippen LogP contribution < -0.4 is 4.80 Å². The molecule has 0 bridgehead atoms. The van der Waals surface area contributed by atoms with Crippen LogP contribution in [0.15, 0.2) is 70.6 Å². The molecule has 2 heterocycles. The molecule has 1 fully saturated rings. The number of fused-ring (bicyclic) bond motifs is 3. The average Bonchev–Trinajstić information content (AvgIpc) is 3.21. The van der Waals surface area contributed by atoms with Crippen molar-refractivity contribution >= 4 is 48.3 Å². The number of thiazole rings is 1. The van der Waals surface area contributed by atoms with E-state index in [-0.39, 0.29) is 11.8 Å². The van der Waals surface area contributed by atoms with Crippen molar-refractivity contribution in [3.63, 3.8) is 0 Å². The number of hydrogen-bond acceptors (Lipinski definition) is 4. The first-order valence-electron chi connectivity index (χ1n) is 11.5. The molecular weight excluding hydrogens is 466 g/mol. The van der Waals surface area contributed by atoms with Crippen LogP contribution in [0.5, 0.6) is 0 Å². The SMILES string of the molecule is CCn1c(=NC(=O)C2CCN(S(=O)(=O)c3ccc(C)cc3)CC2)sc2c3ccccc3ccc21. The normalized spacial score (nSPS) is 16.5. The van der Waals surface area contributed by atoms with E-state index < -0.39 is 10.0 Å². The number of nitrogens with zero attached hydrogens (tertiary/aromatic N) is 3. The highest BCUT2D eigenvalue weighted by Crippen LogP contribution is 2.28. The third-order valence-electron chi connectivity index (χ3n) is 6.56. The van der Waals surface area contributed by atoms with Crippen molar-refractivity contribution in [2.24, 2.45) is 10.9 Å². The highest BCUT2D eigenvalue weighted by molar-refractivity contribution is 7.89. The van der Waals surface area contributed by atoms with E-state index in [2.05, 4.69) is 40.7 Å². The molecule has 0 saturated carbocycles. The first kappa shape index (κ1) is 23.0. The van der Waals surface area contributed by atoms with Crippen LogP contribution in [0.3, 0.4) is 0 Å². The van der Waals surface area contributed by atoms with Crippen LogP contribution >= 0.6 is 11.3 Å². The second kappa shape index (κ2) is 9.09. The van der Waals surface area contributed by atoms with Crippen LogP contribution in [0.1, 0.15) is 25.3 Å². The van der Waals surface area contributed by atoms with Crippen LogP contribution in [0.25, 0.3) is 21.0 Å². The van der Waals surface area contributed by atoms with Gasteiger partial charge in [0.1, 0.15) is 0 Å². The average molecular weight is 494 g/mol. The second-order valence-corrected chi connectivity index (χ2v) is 11.6. The second-order valence-electron chi connectivity index (χ2n) is 8.71. The highest BCUT2D eigenvalue weighted by atomic mass is 32.2. The van der Waals surface area contributed by atoms with Gasteiger partial charge in [-0.1, -0.05) is 59.4 Å². The lowest BCUT2D eigenvalue weighted by Crippen LogP contribution is -2.40. The number of rotatable bonds is 4. The van der Waals surface area contributed by atoms with Gasteiger partial charge in [-0.3, -0.25) is 4.79 Å². The van der Waals surface area contributed by atoms with Gasteiger partial charge in [0, 0.05) is 30.9 Å². The molecule has 0 aliphatic carbocycles. The minimum atomic E-state index is -3.55. The molecule has 4 aromatic rings. The van der Waals surface area contributed by atoms with Crippen LogP contribution in [0.4, 0.5) is 0 Å². The Morgan fingerprint density at radius 1 is 1.03 bits per heavy atom. The van der Waals surface area contributed by atoms with Gasteiger partial charge in [-0.05, 0) is 50.3 Å². The zero-order valence-electron chi connectivity index (χ0n) is 19.3. The molecule has 0 N–H and O–H groups in total. The minimum Gasteiger partial charge on any atom is -0.317 e. The van der Waals surface area contributed by atoms with Gasteiger partial charge in [0.25, 0.3) is 5.91 Å². The summed E-state index contributed by atoms with van der Waals surface area (Å²) in [5.74, 6) is -0.429. The van der Waals surface area contributed by atoms with Crippen molar-refractivity contribution in [1.29, 1.82) is 0 Å². The largest absolute Gasteiger partial charge is 0.317 e. The zero-order valence-corrected chi connectivity index (χ0v) is 20.9. The Morgan fingerprint density at radius 3 is 2.44 bits per heavy atom. The van der Waals surface area contributed by atoms with E-state index in [0.29, 0.717) is 35.6 Å². The number of piperidine rings is 1. The molecule has 176 valence electrons. The van der Waals surface area contributed by atoms with E-state index in [0.717, 1.165) is 27.7 Å². The maximum Gasteiger partial charge on any atom is 0.251 e. The molecule has 34 heavy (non-hydrogen) atoms. The summed E-state index contributed by atoms with van der Waals surface area (Å²) in [5.41, 5.74) is 2.10. The van der Waals surface area contributed by atoms with E-state index in [1.165, 1.54) is 9.69 Å². The predicted molar refractivity (Wildman–Crippen MR) is 136 cm³/mol. The van der Waals surface area contributed by atoms with E-state index in [4.69, 9.17) is 0 Å². The monoisotopic (exact) mass is 493 g/mol. The molecule has 1 amide bonds. The number of benzene rings is 3. The Labute approximate surface area is 203 Å². The molecule has 5 rings (SSSR count). The smallest absolute Gasteiger partial charge is 0.251 e. The standard InChI is InChI=1S/C26H27N3O3S2/c1-3-29-23-13-10-19-6-4-5-7-22(19)24(23)33-26(29)27-25(30)20-14-16-28(17-15-20)34(31,32)21-11-8-18(2)9-12-21/h4-13,20H,3,14-17H2,1-2H3. The van der Waals surface area contributed by atoms with Gasteiger partial charge in [0.2, 0.25) is 10.0 Å². The van der Waals surface area contributed by atoms with Crippen molar-refractivity contribution < 1.29 is 13.2 Å². The number of aryl methyl sites for hydroxylation is 2. The van der Waals surface area contributed by atoms with E-state index in [9.17, 15) is 13.2 Å². The quantitative estimate of drug-likeness (QED) is 0.413. The Morgan fingerprint density at radius 2 is 1.74 bits per heavy atom. The number of aromatic nitrogens is 1. The fraction of sp³-hybridized carbons (Fsp3) is 0.308. The van der Waals surface area contributed by atoms with Gasteiger partial charge in [0.15, 0.2) is 4.80 Å². The molecule has 1 aliphatic rings. The molecule has 8 heteroatoms. The molecule has 0 atom stereocenters. The number of sulfonamides is 1. The fourth-order valence-electron chi connectivity index (χ4n) is 4.58. The number of hydrogen-bond donors (Lipinski definition) is 0. The van der Waals surface area contributed by atoms with Crippen LogP contribution in [0, 0.1) is 12.8 Å². The molecule has 0 radical (unpaired) electrons. The van der Waals surface area contributed by atoms with E-state index in [1.807, 2.05) is 19.1 Å². The predicted octanol–water partition coefficient (Wildman–Crippen LogP) is 4.71. The molecule has 1 aromatic heterocycles. The third-order valence-corrected chi connectivity index (χ3v) is 9.60. The molecule has 0 spiro atoms. The summed E-state index contributed by atoms with van der Waals surface area (Å²) < 4.78 is 30.6. The maximum atomic E-state index is 13.1. The van der Waals surface area contributed by atoms with Crippen molar-refractivity contribution in [2.75, 3.05) is 13.1 Å². The summed E-state index contributed by atoms with van der Waals surface area (Å²) in [7, 11) is -3.55. The summed E-state index contributed by atoms with van der Waals surface area (Å²) >= 11 is 1.54. The Kier molecular flexibility index (Phi) is 6.14. The third kappa shape index (κ3) is 4.10. The summed E-state index contributed by atoms with van der Waals surface area (Å²) in [6.45, 7) is 5.36. The first-order chi connectivity index (χ1) is 16.4. The Hall–Kier alpha value is -2.81. The number of carbonyl (C=O) groups excluding carboxylic acids is 1. The Bertz CT molecular complexity index is 1540. The van der Waals surface area contributed by atoms with Crippen LogP contribution in [0.2, 0.25) is 0 Å². The maximum absolute atomic E-state index is 13.1. The minimum absolute atomic E-state index is 0.162. The van der Waals surface area contributed by atoms with Crippen molar-refractivity contribution in [1.82, 2.24) is 8.87 Å². The molecule has 3 aromatic carbocycles. The molecule has 1 aliphatic heterocycles. The summed E-state index contributed by atoms with van der Waals surface area (Å²) in [5, 5.41) is 2.33. The summed E-state index contributed by atoms with van der Waals surface area (Å²) in [4.78, 5) is 18.6. The van der Waals surface area contributed by atoms with Crippen LogP contribution in [-0.4, -0.2) is 36.3 Å². The molecule has 6 nitrogen and oxygen atoms in total. The van der Waals surface area contributed by atoms with Crippen LogP contribution in [-0.2, 0) is 21.4 Å². The van der Waals surface area contributed by atoms with E-state index >= 15 is 0 Å². The topological polar surface area (TPSA) is 71.7 Å². The lowest BCUT2D eigenvalue weighted by Gasteiger charge is -2.29. The fourth-order valence-corrected chi connectivity index (χ4v) is 7.28. The zero-order chi connectivity index (χ0) is 23.9. The lowest BCUT2D eigenvalue weighted by atomic mass is 9.98. The van der Waals surface area contributed by atoms with Crippen molar-refractivity contribution in [3.8, 4) is 0 Å². The number of carbonyl (C=O) groups is 1. The van der Waals surface area contributed by atoms with Gasteiger partial charge in [-0.15, -0.1) is 0 Å². The molecular formula is C26H27N3O3S2. The summed E-state index contributed by atoms with van der Waals surface area (Å²) in [6.07, 6.45) is 0.959. The van der Waals surface area contributed by atoms with Crippen molar-refractivity contribution in [3.05, 3.63) is 71.0 Å². The van der Waals surface area contributed by atoms with Gasteiger partial charge in [-0.25, -0.2) is 8.42 Å².